The van der Waals surface area contributed by atoms with Crippen molar-refractivity contribution in [3.05, 3.63) is 94.7 Å². The van der Waals surface area contributed by atoms with Crippen molar-refractivity contribution in [1.82, 2.24) is 0 Å². The van der Waals surface area contributed by atoms with Gasteiger partial charge in [0.15, 0.2) is 5.78 Å². The molecule has 4 nitrogen and oxygen atoms in total. The third kappa shape index (κ3) is 4.26. The van der Waals surface area contributed by atoms with Crippen molar-refractivity contribution in [2.75, 3.05) is 0 Å². The van der Waals surface area contributed by atoms with E-state index in [0.29, 0.717) is 10.6 Å². The van der Waals surface area contributed by atoms with Crippen LogP contribution in [-0.2, 0) is 0 Å². The van der Waals surface area contributed by atoms with Gasteiger partial charge < -0.3 is 9.15 Å². The minimum atomic E-state index is -0.728. The second-order valence-corrected chi connectivity index (χ2v) is 5.69. The predicted molar refractivity (Wildman–Crippen MR) is 94.9 cm³/mol. The van der Waals surface area contributed by atoms with Crippen LogP contribution in [0.1, 0.15) is 26.5 Å². The molecule has 0 bridgehead atoms. The minimum absolute atomic E-state index is 0.0141. The van der Waals surface area contributed by atoms with Gasteiger partial charge in [-0.3, -0.25) is 4.79 Å². The maximum absolute atomic E-state index is 12.9. The summed E-state index contributed by atoms with van der Waals surface area (Å²) in [6.07, 6.45) is 4.17. The lowest BCUT2D eigenvalue weighted by Crippen LogP contribution is -2.10. The zero-order valence-electron chi connectivity index (χ0n) is 13.3. The highest BCUT2D eigenvalue weighted by molar-refractivity contribution is 6.31. The number of hydrogen-bond donors (Lipinski definition) is 0. The number of carbonyl (C=O) groups excluding carboxylic acids is 2. The Kier molecular flexibility index (Phi) is 5.29. The summed E-state index contributed by atoms with van der Waals surface area (Å²) in [5.74, 6) is -1.44. The zero-order valence-corrected chi connectivity index (χ0v) is 14.1. The maximum atomic E-state index is 12.9. The number of carbonyl (C=O) groups is 2. The van der Waals surface area contributed by atoms with Crippen LogP contribution >= 0.6 is 11.6 Å². The molecule has 0 saturated carbocycles. The number of furan rings is 1. The van der Waals surface area contributed by atoms with Gasteiger partial charge in [-0.15, -0.1) is 0 Å². The highest BCUT2D eigenvalue weighted by atomic mass is 35.5. The normalized spacial score (nSPS) is 10.8. The summed E-state index contributed by atoms with van der Waals surface area (Å²) in [4.78, 5) is 24.5. The Balaban J connectivity index is 1.83. The summed E-state index contributed by atoms with van der Waals surface area (Å²) in [5, 5.41) is 0.321. The van der Waals surface area contributed by atoms with Crippen LogP contribution in [0, 0.1) is 5.82 Å². The van der Waals surface area contributed by atoms with Crippen molar-refractivity contribution in [3.63, 3.8) is 0 Å². The molecule has 0 saturated heterocycles. The van der Waals surface area contributed by atoms with Crippen LogP contribution in [0.3, 0.4) is 0 Å². The average molecular weight is 371 g/mol. The van der Waals surface area contributed by atoms with E-state index >= 15 is 0 Å². The number of ketones is 1. The fourth-order valence-electron chi connectivity index (χ4n) is 2.16. The summed E-state index contributed by atoms with van der Waals surface area (Å²) in [6, 6.07) is 13.0. The van der Waals surface area contributed by atoms with Crippen LogP contribution in [0.5, 0.6) is 5.75 Å². The first-order valence-electron chi connectivity index (χ1n) is 7.56. The molecule has 0 aliphatic heterocycles. The number of esters is 1. The summed E-state index contributed by atoms with van der Waals surface area (Å²) in [6.45, 7) is 0. The van der Waals surface area contributed by atoms with E-state index in [-0.39, 0.29) is 22.9 Å². The van der Waals surface area contributed by atoms with E-state index in [1.54, 1.807) is 6.07 Å². The molecule has 6 heteroatoms. The molecule has 3 rings (SSSR count). The molecule has 0 spiro atoms. The van der Waals surface area contributed by atoms with Gasteiger partial charge in [0.1, 0.15) is 11.6 Å². The van der Waals surface area contributed by atoms with Crippen LogP contribution in [0.15, 0.2) is 71.4 Å². The lowest BCUT2D eigenvalue weighted by molar-refractivity contribution is 0.0700. The highest BCUT2D eigenvalue weighted by Crippen LogP contribution is 2.25. The molecule has 0 aliphatic rings. The second kappa shape index (κ2) is 7.80. The first-order chi connectivity index (χ1) is 12.5. The van der Waals surface area contributed by atoms with Crippen molar-refractivity contribution in [1.29, 1.82) is 0 Å². The standard InChI is InChI=1S/C20H12ClFO4/c21-14-6-10-18(26-20(24)19-2-1-11-25-19)16(12-14)17(23)9-5-13-3-7-15(22)8-4-13/h1-12H. The number of ether oxygens (including phenoxy) is 1. The molecule has 0 fully saturated rings. The zero-order chi connectivity index (χ0) is 18.5. The molecule has 2 aromatic carbocycles. The van der Waals surface area contributed by atoms with Gasteiger partial charge in [-0.05, 0) is 54.1 Å². The molecule has 0 radical (unpaired) electrons. The minimum Gasteiger partial charge on any atom is -0.457 e. The Morgan fingerprint density at radius 3 is 2.54 bits per heavy atom. The second-order valence-electron chi connectivity index (χ2n) is 5.26. The van der Waals surface area contributed by atoms with E-state index < -0.39 is 11.8 Å². The Labute approximate surface area is 153 Å². The van der Waals surface area contributed by atoms with Gasteiger partial charge in [0, 0.05) is 5.02 Å². The molecule has 0 unspecified atom stereocenters. The fourth-order valence-corrected chi connectivity index (χ4v) is 2.34. The summed E-state index contributed by atoms with van der Waals surface area (Å²) in [5.41, 5.74) is 0.770. The summed E-state index contributed by atoms with van der Waals surface area (Å²) < 4.78 is 23.1. The monoisotopic (exact) mass is 370 g/mol. The van der Waals surface area contributed by atoms with Gasteiger partial charge >= 0.3 is 5.97 Å². The number of hydrogen-bond acceptors (Lipinski definition) is 4. The van der Waals surface area contributed by atoms with Crippen molar-refractivity contribution in [2.24, 2.45) is 0 Å². The van der Waals surface area contributed by atoms with Gasteiger partial charge in [-0.1, -0.05) is 29.8 Å². The predicted octanol–water partition coefficient (Wildman–Crippen LogP) is 5.19. The van der Waals surface area contributed by atoms with Crippen LogP contribution < -0.4 is 4.74 Å². The molecule has 130 valence electrons. The number of rotatable bonds is 5. The summed E-state index contributed by atoms with van der Waals surface area (Å²) in [7, 11) is 0. The maximum Gasteiger partial charge on any atom is 0.379 e. The van der Waals surface area contributed by atoms with Crippen LogP contribution in [0.2, 0.25) is 5.02 Å². The molecule has 3 aromatic rings. The van der Waals surface area contributed by atoms with Gasteiger partial charge in [0.25, 0.3) is 0 Å². The smallest absolute Gasteiger partial charge is 0.379 e. The SMILES string of the molecule is O=C(Oc1ccc(Cl)cc1C(=O)C=Cc1ccc(F)cc1)c1ccco1. The van der Waals surface area contributed by atoms with Crippen molar-refractivity contribution in [2.45, 2.75) is 0 Å². The quantitative estimate of drug-likeness (QED) is 0.268. The average Bonchev–Trinajstić information content (AvgIpc) is 3.17. The van der Waals surface area contributed by atoms with Crippen molar-refractivity contribution in [3.8, 4) is 5.75 Å². The van der Waals surface area contributed by atoms with Gasteiger partial charge in [-0.2, -0.15) is 0 Å². The van der Waals surface area contributed by atoms with E-state index in [0.717, 1.165) is 0 Å². The molecule has 0 aliphatic carbocycles. The number of benzene rings is 2. The summed E-state index contributed by atoms with van der Waals surface area (Å²) >= 11 is 5.95. The van der Waals surface area contributed by atoms with Crippen LogP contribution in [0.25, 0.3) is 6.08 Å². The molecule has 1 aromatic heterocycles. The Hall–Kier alpha value is -3.18. The molecular weight excluding hydrogens is 359 g/mol. The van der Waals surface area contributed by atoms with Crippen LogP contribution in [0.4, 0.5) is 4.39 Å². The number of allylic oxidation sites excluding steroid dienone is 1. The first-order valence-corrected chi connectivity index (χ1v) is 7.94. The van der Waals surface area contributed by atoms with Crippen molar-refractivity contribution < 1.29 is 23.1 Å². The Morgan fingerprint density at radius 2 is 1.85 bits per heavy atom. The number of halogens is 2. The Bertz CT molecular complexity index is 960. The van der Waals surface area contributed by atoms with E-state index in [1.807, 2.05) is 0 Å². The molecule has 0 amide bonds. The molecule has 26 heavy (non-hydrogen) atoms. The van der Waals surface area contributed by atoms with E-state index in [2.05, 4.69) is 0 Å². The molecule has 0 atom stereocenters. The van der Waals surface area contributed by atoms with E-state index in [1.165, 1.54) is 66.9 Å². The largest absolute Gasteiger partial charge is 0.457 e. The van der Waals surface area contributed by atoms with E-state index in [9.17, 15) is 14.0 Å². The van der Waals surface area contributed by atoms with E-state index in [4.69, 9.17) is 20.8 Å². The van der Waals surface area contributed by atoms with Gasteiger partial charge in [-0.25, -0.2) is 9.18 Å². The Morgan fingerprint density at radius 1 is 1.08 bits per heavy atom. The fraction of sp³-hybridized carbons (Fsp3) is 0. The van der Waals surface area contributed by atoms with Crippen LogP contribution in [-0.4, -0.2) is 11.8 Å². The van der Waals surface area contributed by atoms with Gasteiger partial charge in [0.2, 0.25) is 5.76 Å². The molecule has 0 N–H and O–H groups in total. The third-order valence-electron chi connectivity index (χ3n) is 3.43. The first kappa shape index (κ1) is 17.6. The van der Waals surface area contributed by atoms with Gasteiger partial charge in [0.05, 0.1) is 11.8 Å². The third-order valence-corrected chi connectivity index (χ3v) is 3.66. The van der Waals surface area contributed by atoms with Crippen molar-refractivity contribution >= 4 is 29.4 Å². The topological polar surface area (TPSA) is 56.5 Å². The molecular formula is C20H12ClFO4. The lowest BCUT2D eigenvalue weighted by atomic mass is 10.1. The highest BCUT2D eigenvalue weighted by Gasteiger charge is 2.17. The lowest BCUT2D eigenvalue weighted by Gasteiger charge is -2.07. The molecule has 1 heterocycles.